The molecule has 7 heteroatoms. The Kier molecular flexibility index (Phi) is 5.46. The maximum atomic E-state index is 13.6. The van der Waals surface area contributed by atoms with Crippen LogP contribution in [-0.4, -0.2) is 57.2 Å². The molecule has 0 saturated carbocycles. The zero-order chi connectivity index (χ0) is 15.2. The van der Waals surface area contributed by atoms with Gasteiger partial charge >= 0.3 is 0 Å². The molecule has 1 aromatic carbocycles. The van der Waals surface area contributed by atoms with Crippen molar-refractivity contribution in [2.24, 2.45) is 0 Å². The number of benzene rings is 1. The molecule has 0 spiro atoms. The van der Waals surface area contributed by atoms with E-state index in [1.54, 1.807) is 0 Å². The van der Waals surface area contributed by atoms with Crippen molar-refractivity contribution in [1.82, 2.24) is 10.2 Å². The summed E-state index contributed by atoms with van der Waals surface area (Å²) in [7, 11) is 1.42. The average Bonchev–Trinajstić information content (AvgIpc) is 2.48. The van der Waals surface area contributed by atoms with Gasteiger partial charge in [-0.2, -0.15) is 0 Å². The Labute approximate surface area is 122 Å². The fourth-order valence-electron chi connectivity index (χ4n) is 2.20. The van der Waals surface area contributed by atoms with E-state index in [1.807, 2.05) is 0 Å². The summed E-state index contributed by atoms with van der Waals surface area (Å²) in [6.45, 7) is 4.15. The molecular weight excluding hydrogens is 280 g/mol. The van der Waals surface area contributed by atoms with Crippen molar-refractivity contribution >= 4 is 11.6 Å². The average molecular weight is 299 g/mol. The van der Waals surface area contributed by atoms with Crippen LogP contribution in [0.1, 0.15) is 10.4 Å². The van der Waals surface area contributed by atoms with Crippen LogP contribution in [0.4, 0.5) is 14.5 Å². The van der Waals surface area contributed by atoms with Crippen molar-refractivity contribution < 1.29 is 18.3 Å². The van der Waals surface area contributed by atoms with Gasteiger partial charge in [0.1, 0.15) is 17.3 Å². The second-order valence-corrected chi connectivity index (χ2v) is 4.77. The number of rotatable bonds is 5. The quantitative estimate of drug-likeness (QED) is 0.854. The third-order valence-corrected chi connectivity index (χ3v) is 3.37. The Morgan fingerprint density at radius 2 is 1.90 bits per heavy atom. The third kappa shape index (κ3) is 4.12. The number of hydrogen-bond acceptors (Lipinski definition) is 4. The van der Waals surface area contributed by atoms with Crippen molar-refractivity contribution in [2.45, 2.75) is 0 Å². The summed E-state index contributed by atoms with van der Waals surface area (Å²) in [5, 5.41) is 5.08. The van der Waals surface area contributed by atoms with E-state index in [4.69, 9.17) is 4.74 Å². The van der Waals surface area contributed by atoms with Crippen LogP contribution in [0.3, 0.4) is 0 Å². The molecule has 1 aliphatic heterocycles. The highest BCUT2D eigenvalue weighted by atomic mass is 19.1. The maximum absolute atomic E-state index is 13.6. The van der Waals surface area contributed by atoms with E-state index >= 15 is 0 Å². The topological polar surface area (TPSA) is 53.6 Å². The molecule has 1 fully saturated rings. The Balaban J connectivity index is 1.88. The van der Waals surface area contributed by atoms with Gasteiger partial charge in [0.2, 0.25) is 0 Å². The second-order valence-electron chi connectivity index (χ2n) is 4.77. The van der Waals surface area contributed by atoms with Gasteiger partial charge in [-0.3, -0.25) is 9.69 Å². The molecule has 0 aliphatic carbocycles. The van der Waals surface area contributed by atoms with Crippen LogP contribution < -0.4 is 10.6 Å². The van der Waals surface area contributed by atoms with E-state index in [2.05, 4.69) is 15.5 Å². The van der Waals surface area contributed by atoms with Gasteiger partial charge in [0.25, 0.3) is 5.91 Å². The smallest absolute Gasteiger partial charge is 0.251 e. The molecule has 1 aromatic rings. The van der Waals surface area contributed by atoms with E-state index in [-0.39, 0.29) is 11.3 Å². The summed E-state index contributed by atoms with van der Waals surface area (Å²) in [5.41, 5.74) is -0.258. The van der Waals surface area contributed by atoms with Gasteiger partial charge < -0.3 is 15.4 Å². The van der Waals surface area contributed by atoms with E-state index in [1.165, 1.54) is 7.05 Å². The molecule has 1 aliphatic rings. The lowest BCUT2D eigenvalue weighted by Crippen LogP contribution is -2.41. The Morgan fingerprint density at radius 3 is 2.48 bits per heavy atom. The first-order chi connectivity index (χ1) is 10.1. The summed E-state index contributed by atoms with van der Waals surface area (Å²) >= 11 is 0. The monoisotopic (exact) mass is 299 g/mol. The third-order valence-electron chi connectivity index (χ3n) is 3.37. The van der Waals surface area contributed by atoms with Crippen molar-refractivity contribution in [3.8, 4) is 0 Å². The Bertz CT molecular complexity index is 482. The van der Waals surface area contributed by atoms with Crippen LogP contribution in [0.15, 0.2) is 12.1 Å². The second kappa shape index (κ2) is 7.33. The molecule has 2 rings (SSSR count). The fourth-order valence-corrected chi connectivity index (χ4v) is 2.20. The molecule has 1 amide bonds. The number of carbonyl (C=O) groups is 1. The van der Waals surface area contributed by atoms with Crippen LogP contribution in [0.5, 0.6) is 0 Å². The van der Waals surface area contributed by atoms with Crippen molar-refractivity contribution in [3.05, 3.63) is 29.3 Å². The number of nitrogens with one attached hydrogen (secondary N) is 2. The standard InChI is InChI=1S/C14H19F2N3O2/c1-17-13-11(15)8-10(9-12(13)16)14(20)18-2-3-19-4-6-21-7-5-19/h8-9,17H,2-7H2,1H3,(H,18,20). The summed E-state index contributed by atoms with van der Waals surface area (Å²) in [4.78, 5) is 14.0. The summed E-state index contributed by atoms with van der Waals surface area (Å²) in [6.07, 6.45) is 0. The van der Waals surface area contributed by atoms with Crippen LogP contribution in [-0.2, 0) is 4.74 Å². The number of carbonyl (C=O) groups excluding carboxylic acids is 1. The molecule has 2 N–H and O–H groups in total. The summed E-state index contributed by atoms with van der Waals surface area (Å²) < 4.78 is 32.4. The number of halogens is 2. The maximum Gasteiger partial charge on any atom is 0.251 e. The van der Waals surface area contributed by atoms with Gasteiger partial charge in [-0.15, -0.1) is 0 Å². The minimum absolute atomic E-state index is 0.0222. The first-order valence-electron chi connectivity index (χ1n) is 6.87. The highest BCUT2D eigenvalue weighted by molar-refractivity contribution is 5.94. The van der Waals surface area contributed by atoms with E-state index in [0.29, 0.717) is 26.3 Å². The molecule has 1 heterocycles. The molecule has 1 saturated heterocycles. The molecule has 0 aromatic heterocycles. The SMILES string of the molecule is CNc1c(F)cc(C(=O)NCCN2CCOCC2)cc1F. The van der Waals surface area contributed by atoms with Crippen LogP contribution in [0.2, 0.25) is 0 Å². The van der Waals surface area contributed by atoms with Crippen molar-refractivity contribution in [1.29, 1.82) is 0 Å². The molecule has 0 bridgehead atoms. The Morgan fingerprint density at radius 1 is 1.29 bits per heavy atom. The normalized spacial score (nSPS) is 15.8. The predicted octanol–water partition coefficient (Wildman–Crippen LogP) is 1.07. The van der Waals surface area contributed by atoms with Crippen LogP contribution >= 0.6 is 0 Å². The fraction of sp³-hybridized carbons (Fsp3) is 0.500. The van der Waals surface area contributed by atoms with Crippen LogP contribution in [0.25, 0.3) is 0 Å². The largest absolute Gasteiger partial charge is 0.383 e. The van der Waals surface area contributed by atoms with Gasteiger partial charge in [-0.1, -0.05) is 0 Å². The number of morpholine rings is 1. The first-order valence-corrected chi connectivity index (χ1v) is 6.87. The van der Waals surface area contributed by atoms with E-state index in [0.717, 1.165) is 25.2 Å². The minimum Gasteiger partial charge on any atom is -0.383 e. The zero-order valence-corrected chi connectivity index (χ0v) is 11.9. The Hall–Kier alpha value is -1.73. The van der Waals surface area contributed by atoms with Crippen molar-refractivity contribution in [2.75, 3.05) is 51.8 Å². The lowest BCUT2D eigenvalue weighted by Gasteiger charge is -2.26. The molecule has 116 valence electrons. The number of ether oxygens (including phenoxy) is 1. The lowest BCUT2D eigenvalue weighted by molar-refractivity contribution is 0.0383. The number of anilines is 1. The number of amides is 1. The predicted molar refractivity (Wildman–Crippen MR) is 75.5 cm³/mol. The molecular formula is C14H19F2N3O2. The van der Waals surface area contributed by atoms with Gasteiger partial charge in [0, 0.05) is 38.8 Å². The lowest BCUT2D eigenvalue weighted by atomic mass is 10.1. The highest BCUT2D eigenvalue weighted by Gasteiger charge is 2.15. The van der Waals surface area contributed by atoms with Gasteiger partial charge in [0.05, 0.1) is 13.2 Å². The van der Waals surface area contributed by atoms with E-state index in [9.17, 15) is 13.6 Å². The molecule has 5 nitrogen and oxygen atoms in total. The first kappa shape index (κ1) is 15.7. The summed E-state index contributed by atoms with van der Waals surface area (Å²) in [5.74, 6) is -2.05. The van der Waals surface area contributed by atoms with Gasteiger partial charge in [-0.05, 0) is 12.1 Å². The minimum atomic E-state index is -0.782. The summed E-state index contributed by atoms with van der Waals surface area (Å²) in [6, 6.07) is 2.05. The molecule has 0 radical (unpaired) electrons. The highest BCUT2D eigenvalue weighted by Crippen LogP contribution is 2.20. The van der Waals surface area contributed by atoms with Crippen molar-refractivity contribution in [3.63, 3.8) is 0 Å². The number of nitrogens with zero attached hydrogens (tertiary/aromatic N) is 1. The van der Waals surface area contributed by atoms with Gasteiger partial charge in [0.15, 0.2) is 0 Å². The van der Waals surface area contributed by atoms with E-state index < -0.39 is 17.5 Å². The van der Waals surface area contributed by atoms with Crippen LogP contribution in [0, 0.1) is 11.6 Å². The zero-order valence-electron chi connectivity index (χ0n) is 11.9. The number of hydrogen-bond donors (Lipinski definition) is 2. The van der Waals surface area contributed by atoms with Gasteiger partial charge in [-0.25, -0.2) is 8.78 Å². The molecule has 0 atom stereocenters. The molecule has 0 unspecified atom stereocenters. The molecule has 21 heavy (non-hydrogen) atoms.